The van der Waals surface area contributed by atoms with Crippen LogP contribution in [0.1, 0.15) is 10.6 Å². The number of rotatable bonds is 1. The van der Waals surface area contributed by atoms with Crippen LogP contribution in [0.2, 0.25) is 0 Å². The van der Waals surface area contributed by atoms with Gasteiger partial charge in [0.25, 0.3) is 11.1 Å². The normalized spacial score (nSPS) is 9.12. The molecule has 1 heterocycles. The maximum absolute atomic E-state index is 10.1. The fourth-order valence-corrected chi connectivity index (χ4v) is 0.340. The van der Waals surface area contributed by atoms with Crippen molar-refractivity contribution in [3.8, 4) is 0 Å². The molecule has 0 radical (unpaired) electrons. The van der Waals surface area contributed by atoms with E-state index in [0.717, 1.165) is 6.39 Å². The molecule has 8 heavy (non-hydrogen) atoms. The fourth-order valence-electron chi connectivity index (χ4n) is 0.257. The number of hydrogen-bond donors (Lipinski definition) is 0. The fraction of sp³-hybridized carbons (Fsp3) is 0. The molecule has 0 aliphatic heterocycles. The van der Waals surface area contributed by atoms with Gasteiger partial charge in [0.15, 0.2) is 0 Å². The summed E-state index contributed by atoms with van der Waals surface area (Å²) in [7, 11) is 0. The molecule has 0 unspecified atom stereocenters. The topological polar surface area (TPSA) is 56.0 Å². The minimum atomic E-state index is -0.709. The molecule has 0 saturated carbocycles. The van der Waals surface area contributed by atoms with E-state index < -0.39 is 5.24 Å². The predicted octanol–water partition coefficient (Wildman–Crippen LogP) is 0.449. The van der Waals surface area contributed by atoms with Crippen molar-refractivity contribution >= 4 is 16.8 Å². The zero-order valence-corrected chi connectivity index (χ0v) is 4.42. The highest BCUT2D eigenvalue weighted by Gasteiger charge is 2.04. The van der Waals surface area contributed by atoms with E-state index in [0.29, 0.717) is 0 Å². The van der Waals surface area contributed by atoms with Crippen molar-refractivity contribution in [3.63, 3.8) is 0 Å². The first kappa shape index (κ1) is 5.24. The van der Waals surface area contributed by atoms with Crippen LogP contribution in [0.25, 0.3) is 0 Å². The third-order valence-corrected chi connectivity index (χ3v) is 0.706. The molecule has 0 aliphatic rings. The molecule has 0 fully saturated rings. The van der Waals surface area contributed by atoms with Crippen LogP contribution >= 0.6 is 11.6 Å². The van der Waals surface area contributed by atoms with Gasteiger partial charge in [0.1, 0.15) is 0 Å². The van der Waals surface area contributed by atoms with E-state index in [1.807, 2.05) is 0 Å². The summed E-state index contributed by atoms with van der Waals surface area (Å²) in [4.78, 5) is 13.4. The summed E-state index contributed by atoms with van der Waals surface area (Å²) < 4.78 is 4.21. The highest BCUT2D eigenvalue weighted by molar-refractivity contribution is 6.67. The van der Waals surface area contributed by atoms with E-state index in [9.17, 15) is 4.79 Å². The molecular formula is C3HClN2O2. The lowest BCUT2D eigenvalue weighted by atomic mass is 10.7. The molecule has 0 amide bonds. The van der Waals surface area contributed by atoms with Crippen LogP contribution in [0.4, 0.5) is 0 Å². The van der Waals surface area contributed by atoms with Gasteiger partial charge in [0.2, 0.25) is 6.39 Å². The summed E-state index contributed by atoms with van der Waals surface area (Å²) in [6.45, 7) is 0. The van der Waals surface area contributed by atoms with Gasteiger partial charge >= 0.3 is 0 Å². The van der Waals surface area contributed by atoms with Crippen molar-refractivity contribution in [2.24, 2.45) is 0 Å². The van der Waals surface area contributed by atoms with Crippen LogP contribution in [0, 0.1) is 0 Å². The summed E-state index contributed by atoms with van der Waals surface area (Å²) in [5, 5.41) is 2.44. The maximum atomic E-state index is 10.1. The average molecular weight is 133 g/mol. The predicted molar refractivity (Wildman–Crippen MR) is 24.5 cm³/mol. The van der Waals surface area contributed by atoms with Gasteiger partial charge in [-0.05, 0) is 11.6 Å². The molecule has 0 atom stereocenters. The van der Waals surface area contributed by atoms with Gasteiger partial charge in [-0.15, -0.1) is 0 Å². The van der Waals surface area contributed by atoms with E-state index in [2.05, 4.69) is 14.7 Å². The van der Waals surface area contributed by atoms with Gasteiger partial charge in [0, 0.05) is 0 Å². The Morgan fingerprint density at radius 3 is 2.88 bits per heavy atom. The zero-order chi connectivity index (χ0) is 5.98. The number of carbonyl (C=O) groups excluding carboxylic acids is 1. The zero-order valence-electron chi connectivity index (χ0n) is 3.67. The van der Waals surface area contributed by atoms with Crippen molar-refractivity contribution in [3.05, 3.63) is 12.2 Å². The van der Waals surface area contributed by atoms with Crippen molar-refractivity contribution < 1.29 is 9.32 Å². The van der Waals surface area contributed by atoms with Gasteiger partial charge in [0.05, 0.1) is 0 Å². The second-order valence-corrected chi connectivity index (χ2v) is 1.37. The molecule has 0 aromatic carbocycles. The Morgan fingerprint density at radius 2 is 2.62 bits per heavy atom. The Morgan fingerprint density at radius 1 is 1.88 bits per heavy atom. The standard InChI is InChI=1S/C3HClN2O2/c4-2(7)3-5-1-8-6-3/h1H. The van der Waals surface area contributed by atoms with Crippen LogP contribution in [0.5, 0.6) is 0 Å². The first-order valence-electron chi connectivity index (χ1n) is 1.77. The number of aromatic nitrogens is 2. The highest BCUT2D eigenvalue weighted by Crippen LogP contribution is 1.92. The largest absolute Gasteiger partial charge is 0.342 e. The highest BCUT2D eigenvalue weighted by atomic mass is 35.5. The van der Waals surface area contributed by atoms with Gasteiger partial charge in [-0.2, -0.15) is 4.98 Å². The first-order valence-corrected chi connectivity index (χ1v) is 2.14. The number of nitrogens with zero attached hydrogens (tertiary/aromatic N) is 2. The van der Waals surface area contributed by atoms with Crippen LogP contribution in [0.3, 0.4) is 0 Å². The van der Waals surface area contributed by atoms with Gasteiger partial charge < -0.3 is 4.52 Å². The van der Waals surface area contributed by atoms with Crippen molar-refractivity contribution in [2.75, 3.05) is 0 Å². The Hall–Kier alpha value is -0.900. The third kappa shape index (κ3) is 0.840. The monoisotopic (exact) mass is 132 g/mol. The second-order valence-electron chi connectivity index (χ2n) is 1.03. The van der Waals surface area contributed by atoms with Crippen molar-refractivity contribution in [1.29, 1.82) is 0 Å². The summed E-state index contributed by atoms with van der Waals surface area (Å²) >= 11 is 4.92. The molecule has 0 spiro atoms. The molecule has 1 aromatic rings. The summed E-state index contributed by atoms with van der Waals surface area (Å²) in [6.07, 6.45) is 1.04. The molecule has 0 saturated heterocycles. The molecule has 0 bridgehead atoms. The number of carbonyl (C=O) groups is 1. The second kappa shape index (κ2) is 1.92. The van der Waals surface area contributed by atoms with Gasteiger partial charge in [-0.1, -0.05) is 5.16 Å². The minimum absolute atomic E-state index is 0.105. The molecule has 5 heteroatoms. The van der Waals surface area contributed by atoms with Crippen LogP contribution in [0.15, 0.2) is 10.9 Å². The Labute approximate surface area is 49.4 Å². The lowest BCUT2D eigenvalue weighted by molar-refractivity contribution is 0.107. The summed E-state index contributed by atoms with van der Waals surface area (Å²) in [6, 6.07) is 0. The minimum Gasteiger partial charge on any atom is -0.342 e. The SMILES string of the molecule is O=C(Cl)c1ncon1. The molecule has 0 N–H and O–H groups in total. The van der Waals surface area contributed by atoms with Crippen LogP contribution in [-0.2, 0) is 0 Å². The van der Waals surface area contributed by atoms with Crippen LogP contribution in [-0.4, -0.2) is 15.4 Å². The lowest BCUT2D eigenvalue weighted by Gasteiger charge is -1.71. The van der Waals surface area contributed by atoms with Gasteiger partial charge in [-0.25, -0.2) is 0 Å². The summed E-state index contributed by atoms with van der Waals surface area (Å²) in [5.41, 5.74) is 0. The lowest BCUT2D eigenvalue weighted by Crippen LogP contribution is -1.89. The molecule has 42 valence electrons. The van der Waals surface area contributed by atoms with E-state index in [1.54, 1.807) is 0 Å². The number of hydrogen-bond acceptors (Lipinski definition) is 4. The summed E-state index contributed by atoms with van der Waals surface area (Å²) in [5.74, 6) is -0.105. The first-order chi connectivity index (χ1) is 3.80. The Kier molecular flexibility index (Phi) is 1.26. The van der Waals surface area contributed by atoms with Gasteiger partial charge in [-0.3, -0.25) is 4.79 Å². The quantitative estimate of drug-likeness (QED) is 0.521. The van der Waals surface area contributed by atoms with E-state index in [4.69, 9.17) is 11.6 Å². The Balaban J connectivity index is 2.93. The van der Waals surface area contributed by atoms with Crippen molar-refractivity contribution in [1.82, 2.24) is 10.1 Å². The smallest absolute Gasteiger partial charge is 0.293 e. The molecular weight excluding hydrogens is 131 g/mol. The van der Waals surface area contributed by atoms with Crippen molar-refractivity contribution in [2.45, 2.75) is 0 Å². The maximum Gasteiger partial charge on any atom is 0.293 e. The molecule has 1 rings (SSSR count). The number of halogens is 1. The van der Waals surface area contributed by atoms with E-state index >= 15 is 0 Å². The molecule has 4 nitrogen and oxygen atoms in total. The molecule has 0 aliphatic carbocycles. The average Bonchev–Trinajstić information content (AvgIpc) is 2.12. The van der Waals surface area contributed by atoms with E-state index in [1.165, 1.54) is 0 Å². The third-order valence-electron chi connectivity index (χ3n) is 0.537. The molecule has 1 aromatic heterocycles. The van der Waals surface area contributed by atoms with E-state index in [-0.39, 0.29) is 5.82 Å². The van der Waals surface area contributed by atoms with Crippen LogP contribution < -0.4 is 0 Å². The Bertz CT molecular complexity index is 183.